The topological polar surface area (TPSA) is 47.5 Å². The standard InChI is InChI=1S/C23H44N6/c1-21(2)19-29(20-22(3)4)13-7-12-28-16-14-27(15-17-28)11-6-8-24-18-23-25-9-5-10-26-23/h5,9-10,21-22,24H,6-8,11-20H2,1-4H3. The molecule has 6 heteroatoms. The highest BCUT2D eigenvalue weighted by atomic mass is 15.3. The van der Waals surface area contributed by atoms with Gasteiger partial charge in [-0.15, -0.1) is 0 Å². The third-order valence-corrected chi connectivity index (χ3v) is 5.39. The van der Waals surface area contributed by atoms with E-state index in [1.165, 1.54) is 71.7 Å². The van der Waals surface area contributed by atoms with Crippen LogP contribution in [0.3, 0.4) is 0 Å². The number of nitrogens with zero attached hydrogens (tertiary/aromatic N) is 5. The molecule has 0 unspecified atom stereocenters. The second-order valence-electron chi connectivity index (χ2n) is 9.28. The normalized spacial score (nSPS) is 16.4. The largest absolute Gasteiger partial charge is 0.310 e. The van der Waals surface area contributed by atoms with Gasteiger partial charge < -0.3 is 20.0 Å². The number of aromatic nitrogens is 2. The third-order valence-electron chi connectivity index (χ3n) is 5.39. The molecule has 0 spiro atoms. The van der Waals surface area contributed by atoms with E-state index in [1.54, 1.807) is 12.4 Å². The monoisotopic (exact) mass is 404 g/mol. The smallest absolute Gasteiger partial charge is 0.141 e. The zero-order valence-corrected chi connectivity index (χ0v) is 19.3. The van der Waals surface area contributed by atoms with Crippen molar-refractivity contribution in [1.29, 1.82) is 0 Å². The van der Waals surface area contributed by atoms with Crippen molar-refractivity contribution in [3.8, 4) is 0 Å². The summed E-state index contributed by atoms with van der Waals surface area (Å²) in [6.07, 6.45) is 6.09. The first kappa shape index (κ1) is 24.2. The second kappa shape index (κ2) is 14.0. The molecule has 1 saturated heterocycles. The first-order valence-electron chi connectivity index (χ1n) is 11.7. The van der Waals surface area contributed by atoms with Crippen LogP contribution in [0.15, 0.2) is 18.5 Å². The van der Waals surface area contributed by atoms with E-state index >= 15 is 0 Å². The first-order valence-corrected chi connectivity index (χ1v) is 11.7. The average Bonchev–Trinajstić information content (AvgIpc) is 2.69. The Kier molecular flexibility index (Phi) is 11.7. The molecule has 0 bridgehead atoms. The van der Waals surface area contributed by atoms with Gasteiger partial charge >= 0.3 is 0 Å². The van der Waals surface area contributed by atoms with Crippen molar-refractivity contribution in [3.05, 3.63) is 24.3 Å². The Morgan fingerprint density at radius 3 is 2.00 bits per heavy atom. The molecule has 0 atom stereocenters. The molecule has 6 nitrogen and oxygen atoms in total. The number of rotatable bonds is 14. The fourth-order valence-corrected chi connectivity index (χ4v) is 4.09. The Morgan fingerprint density at radius 2 is 1.45 bits per heavy atom. The summed E-state index contributed by atoms with van der Waals surface area (Å²) < 4.78 is 0. The molecule has 2 rings (SSSR count). The summed E-state index contributed by atoms with van der Waals surface area (Å²) in [7, 11) is 0. The molecule has 2 heterocycles. The van der Waals surface area contributed by atoms with Gasteiger partial charge in [0.15, 0.2) is 0 Å². The average molecular weight is 405 g/mol. The molecule has 0 radical (unpaired) electrons. The van der Waals surface area contributed by atoms with Gasteiger partial charge in [-0.25, -0.2) is 9.97 Å². The van der Waals surface area contributed by atoms with Crippen molar-refractivity contribution >= 4 is 0 Å². The molecule has 1 aliphatic rings. The Bertz CT molecular complexity index is 503. The molecule has 0 saturated carbocycles. The number of hydrogen-bond donors (Lipinski definition) is 1. The molecule has 1 aliphatic heterocycles. The van der Waals surface area contributed by atoms with Crippen LogP contribution < -0.4 is 5.32 Å². The second-order valence-corrected chi connectivity index (χ2v) is 9.28. The molecule has 1 aromatic heterocycles. The lowest BCUT2D eigenvalue weighted by atomic mass is 10.1. The minimum Gasteiger partial charge on any atom is -0.310 e. The van der Waals surface area contributed by atoms with E-state index in [0.717, 1.165) is 30.7 Å². The van der Waals surface area contributed by atoms with Crippen molar-refractivity contribution in [2.75, 3.05) is 65.4 Å². The van der Waals surface area contributed by atoms with Crippen molar-refractivity contribution in [2.24, 2.45) is 11.8 Å². The third kappa shape index (κ3) is 11.0. The van der Waals surface area contributed by atoms with Gasteiger partial charge in [0.05, 0.1) is 6.54 Å². The summed E-state index contributed by atoms with van der Waals surface area (Å²) in [6.45, 7) is 22.1. The van der Waals surface area contributed by atoms with Crippen LogP contribution in [0.5, 0.6) is 0 Å². The highest BCUT2D eigenvalue weighted by Gasteiger charge is 2.16. The lowest BCUT2D eigenvalue weighted by Gasteiger charge is -2.35. The summed E-state index contributed by atoms with van der Waals surface area (Å²) in [5.41, 5.74) is 0. The zero-order valence-electron chi connectivity index (χ0n) is 19.3. The Morgan fingerprint density at radius 1 is 0.897 bits per heavy atom. The van der Waals surface area contributed by atoms with E-state index in [0.29, 0.717) is 0 Å². The minimum absolute atomic E-state index is 0.756. The van der Waals surface area contributed by atoms with Crippen molar-refractivity contribution in [3.63, 3.8) is 0 Å². The van der Waals surface area contributed by atoms with E-state index in [9.17, 15) is 0 Å². The summed E-state index contributed by atoms with van der Waals surface area (Å²) in [4.78, 5) is 16.4. The SMILES string of the molecule is CC(C)CN(CCCN1CCN(CCCNCc2ncccn2)CC1)CC(C)C. The Hall–Kier alpha value is -1.08. The Balaban J connectivity index is 1.51. The summed E-state index contributed by atoms with van der Waals surface area (Å²) in [6, 6.07) is 1.86. The summed E-state index contributed by atoms with van der Waals surface area (Å²) in [5, 5.41) is 3.45. The number of piperazine rings is 1. The zero-order chi connectivity index (χ0) is 20.9. The molecular formula is C23H44N6. The maximum Gasteiger partial charge on any atom is 0.141 e. The molecule has 1 N–H and O–H groups in total. The van der Waals surface area contributed by atoms with Crippen LogP contribution in [-0.4, -0.2) is 90.1 Å². The molecular weight excluding hydrogens is 360 g/mol. The van der Waals surface area contributed by atoms with E-state index in [2.05, 4.69) is 57.7 Å². The number of nitrogens with one attached hydrogen (secondary N) is 1. The molecule has 0 amide bonds. The van der Waals surface area contributed by atoms with Crippen LogP contribution in [0.2, 0.25) is 0 Å². The van der Waals surface area contributed by atoms with Crippen LogP contribution in [0.4, 0.5) is 0 Å². The molecule has 166 valence electrons. The van der Waals surface area contributed by atoms with E-state index in [-0.39, 0.29) is 0 Å². The fraction of sp³-hybridized carbons (Fsp3) is 0.826. The predicted molar refractivity (Wildman–Crippen MR) is 122 cm³/mol. The van der Waals surface area contributed by atoms with Crippen LogP contribution in [0.25, 0.3) is 0 Å². The van der Waals surface area contributed by atoms with Gasteiger partial charge in [-0.05, 0) is 56.9 Å². The Labute approximate surface area is 179 Å². The van der Waals surface area contributed by atoms with Crippen LogP contribution in [0, 0.1) is 11.8 Å². The van der Waals surface area contributed by atoms with Crippen molar-refractivity contribution in [2.45, 2.75) is 47.1 Å². The highest BCUT2D eigenvalue weighted by Crippen LogP contribution is 2.07. The highest BCUT2D eigenvalue weighted by molar-refractivity contribution is 4.87. The molecule has 29 heavy (non-hydrogen) atoms. The van der Waals surface area contributed by atoms with Crippen molar-refractivity contribution in [1.82, 2.24) is 30.0 Å². The van der Waals surface area contributed by atoms with Gasteiger partial charge in [0, 0.05) is 51.7 Å². The molecule has 0 aromatic carbocycles. The van der Waals surface area contributed by atoms with E-state index in [4.69, 9.17) is 0 Å². The van der Waals surface area contributed by atoms with Gasteiger partial charge in [-0.3, -0.25) is 0 Å². The van der Waals surface area contributed by atoms with Crippen LogP contribution in [-0.2, 0) is 6.54 Å². The van der Waals surface area contributed by atoms with Crippen LogP contribution in [0.1, 0.15) is 46.4 Å². The lowest BCUT2D eigenvalue weighted by molar-refractivity contribution is 0.123. The molecule has 1 aromatic rings. The predicted octanol–water partition coefficient (Wildman–Crippen LogP) is 2.58. The lowest BCUT2D eigenvalue weighted by Crippen LogP contribution is -2.47. The van der Waals surface area contributed by atoms with Crippen molar-refractivity contribution < 1.29 is 0 Å². The first-order chi connectivity index (χ1) is 14.0. The minimum atomic E-state index is 0.756. The quantitative estimate of drug-likeness (QED) is 0.481. The fourth-order valence-electron chi connectivity index (χ4n) is 4.09. The molecule has 1 fully saturated rings. The van der Waals surface area contributed by atoms with Crippen LogP contribution >= 0.6 is 0 Å². The summed E-state index contributed by atoms with van der Waals surface area (Å²) in [5.74, 6) is 2.39. The van der Waals surface area contributed by atoms with E-state index in [1.807, 2.05) is 6.07 Å². The summed E-state index contributed by atoms with van der Waals surface area (Å²) >= 11 is 0. The maximum absolute atomic E-state index is 4.25. The van der Waals surface area contributed by atoms with Gasteiger partial charge in [-0.1, -0.05) is 27.7 Å². The number of hydrogen-bond acceptors (Lipinski definition) is 6. The van der Waals surface area contributed by atoms with E-state index < -0.39 is 0 Å². The van der Waals surface area contributed by atoms with Gasteiger partial charge in [0.2, 0.25) is 0 Å². The maximum atomic E-state index is 4.25. The van der Waals surface area contributed by atoms with Gasteiger partial charge in [0.1, 0.15) is 5.82 Å². The van der Waals surface area contributed by atoms with Gasteiger partial charge in [0.25, 0.3) is 0 Å². The molecule has 0 aliphatic carbocycles. The van der Waals surface area contributed by atoms with Gasteiger partial charge in [-0.2, -0.15) is 0 Å².